The van der Waals surface area contributed by atoms with Gasteiger partial charge < -0.3 is 14.0 Å². The van der Waals surface area contributed by atoms with Crippen LogP contribution < -0.4 is 0 Å². The zero-order valence-electron chi connectivity index (χ0n) is 10.2. The molecule has 1 saturated heterocycles. The molecule has 19 heavy (non-hydrogen) atoms. The molecule has 2 atom stereocenters. The van der Waals surface area contributed by atoms with Gasteiger partial charge >= 0.3 is 6.09 Å². The number of ether oxygens (including phenoxy) is 1. The van der Waals surface area contributed by atoms with Gasteiger partial charge in [-0.05, 0) is 19.1 Å². The number of carbonyl (C=O) groups excluding carboxylic acids is 2. The second kappa shape index (κ2) is 4.42. The van der Waals surface area contributed by atoms with Crippen molar-refractivity contribution in [3.05, 3.63) is 24.2 Å². The Kier molecular flexibility index (Phi) is 2.73. The van der Waals surface area contributed by atoms with E-state index in [9.17, 15) is 9.59 Å². The molecule has 0 N–H and O–H groups in total. The molecule has 2 aliphatic rings. The molecule has 2 aliphatic heterocycles. The lowest BCUT2D eigenvalue weighted by Crippen LogP contribution is -2.42. The van der Waals surface area contributed by atoms with E-state index in [-0.39, 0.29) is 19.1 Å². The first kappa shape index (κ1) is 11.8. The molecule has 0 unspecified atom stereocenters. The standard InChI is InChI=1S/C12H12N2O5/c1-7-9(11(15)14-4-6-18-12(14)16)10(13-19-7)8-3-2-5-17-8/h2-3,5,7,9H,4,6H2,1H3/t7-,9-/m0/s1. The van der Waals surface area contributed by atoms with E-state index in [1.165, 1.54) is 6.26 Å². The monoisotopic (exact) mass is 264 g/mol. The van der Waals surface area contributed by atoms with Crippen molar-refractivity contribution >= 4 is 17.7 Å². The van der Waals surface area contributed by atoms with Crippen molar-refractivity contribution in [3.8, 4) is 0 Å². The van der Waals surface area contributed by atoms with Crippen molar-refractivity contribution in [3.63, 3.8) is 0 Å². The van der Waals surface area contributed by atoms with Gasteiger partial charge in [-0.1, -0.05) is 5.16 Å². The van der Waals surface area contributed by atoms with Gasteiger partial charge in [0, 0.05) is 0 Å². The molecule has 0 saturated carbocycles. The van der Waals surface area contributed by atoms with E-state index in [1.54, 1.807) is 19.1 Å². The number of cyclic esters (lactones) is 1. The van der Waals surface area contributed by atoms with Crippen LogP contribution in [-0.4, -0.2) is 41.9 Å². The van der Waals surface area contributed by atoms with Gasteiger partial charge in [0.25, 0.3) is 0 Å². The first-order chi connectivity index (χ1) is 9.18. The maximum atomic E-state index is 12.4. The summed E-state index contributed by atoms with van der Waals surface area (Å²) in [6.45, 7) is 2.20. The van der Waals surface area contributed by atoms with Gasteiger partial charge in [0.15, 0.2) is 5.76 Å². The molecule has 7 heteroatoms. The molecule has 1 aromatic heterocycles. The SMILES string of the molecule is C[C@@H]1ON=C(c2ccco2)[C@H]1C(=O)N1CCOC1=O. The lowest BCUT2D eigenvalue weighted by molar-refractivity contribution is -0.132. The Morgan fingerprint density at radius 3 is 3.00 bits per heavy atom. The number of hydrogen-bond acceptors (Lipinski definition) is 6. The minimum Gasteiger partial charge on any atom is -0.463 e. The number of carbonyl (C=O) groups is 2. The molecular formula is C12H12N2O5. The second-order valence-corrected chi connectivity index (χ2v) is 4.35. The van der Waals surface area contributed by atoms with E-state index >= 15 is 0 Å². The Morgan fingerprint density at radius 1 is 1.53 bits per heavy atom. The van der Waals surface area contributed by atoms with Crippen molar-refractivity contribution in [2.24, 2.45) is 11.1 Å². The fourth-order valence-corrected chi connectivity index (χ4v) is 2.18. The highest BCUT2D eigenvalue weighted by Gasteiger charge is 2.44. The number of imide groups is 1. The smallest absolute Gasteiger partial charge is 0.416 e. The van der Waals surface area contributed by atoms with E-state index in [1.807, 2.05) is 0 Å². The van der Waals surface area contributed by atoms with Crippen LogP contribution in [0.3, 0.4) is 0 Å². The summed E-state index contributed by atoms with van der Waals surface area (Å²) in [4.78, 5) is 30.1. The summed E-state index contributed by atoms with van der Waals surface area (Å²) in [5.74, 6) is -0.560. The summed E-state index contributed by atoms with van der Waals surface area (Å²) in [6.07, 6.45) is 0.427. The molecule has 0 radical (unpaired) electrons. The summed E-state index contributed by atoms with van der Waals surface area (Å²) >= 11 is 0. The van der Waals surface area contributed by atoms with Crippen molar-refractivity contribution in [2.75, 3.05) is 13.2 Å². The third kappa shape index (κ3) is 1.87. The summed E-state index contributed by atoms with van der Waals surface area (Å²) < 4.78 is 10.0. The van der Waals surface area contributed by atoms with E-state index in [0.717, 1.165) is 4.90 Å². The number of furan rings is 1. The Hall–Kier alpha value is -2.31. The van der Waals surface area contributed by atoms with Gasteiger partial charge in [0.2, 0.25) is 5.91 Å². The summed E-state index contributed by atoms with van der Waals surface area (Å²) in [7, 11) is 0. The fraction of sp³-hybridized carbons (Fsp3) is 0.417. The van der Waals surface area contributed by atoms with E-state index in [4.69, 9.17) is 14.0 Å². The molecule has 3 rings (SSSR count). The topological polar surface area (TPSA) is 81.3 Å². The Morgan fingerprint density at radius 2 is 2.37 bits per heavy atom. The molecule has 0 bridgehead atoms. The first-order valence-corrected chi connectivity index (χ1v) is 5.94. The van der Waals surface area contributed by atoms with Crippen LogP contribution in [0.5, 0.6) is 0 Å². The van der Waals surface area contributed by atoms with Crippen molar-refractivity contribution in [1.82, 2.24) is 4.90 Å². The van der Waals surface area contributed by atoms with E-state index in [0.29, 0.717) is 11.5 Å². The lowest BCUT2D eigenvalue weighted by Gasteiger charge is -2.18. The maximum Gasteiger partial charge on any atom is 0.416 e. The van der Waals surface area contributed by atoms with Crippen LogP contribution in [-0.2, 0) is 14.4 Å². The largest absolute Gasteiger partial charge is 0.463 e. The number of nitrogens with zero attached hydrogens (tertiary/aromatic N) is 2. The summed E-state index contributed by atoms with van der Waals surface area (Å²) in [5, 5.41) is 3.88. The minimum atomic E-state index is -0.656. The first-order valence-electron chi connectivity index (χ1n) is 5.94. The molecule has 7 nitrogen and oxygen atoms in total. The summed E-state index contributed by atoms with van der Waals surface area (Å²) in [6, 6.07) is 3.40. The van der Waals surface area contributed by atoms with Gasteiger partial charge in [0.05, 0.1) is 12.8 Å². The molecule has 0 aromatic carbocycles. The van der Waals surface area contributed by atoms with Gasteiger partial charge in [-0.2, -0.15) is 0 Å². The molecule has 1 aromatic rings. The normalized spacial score (nSPS) is 26.1. The predicted molar refractivity (Wildman–Crippen MR) is 62.3 cm³/mol. The third-order valence-electron chi connectivity index (χ3n) is 3.15. The zero-order chi connectivity index (χ0) is 13.4. The quantitative estimate of drug-likeness (QED) is 0.795. The molecule has 1 fully saturated rings. The maximum absolute atomic E-state index is 12.4. The number of hydrogen-bond donors (Lipinski definition) is 0. The van der Waals surface area contributed by atoms with Gasteiger partial charge in [0.1, 0.15) is 24.3 Å². The number of rotatable bonds is 2. The zero-order valence-corrected chi connectivity index (χ0v) is 10.2. The fourth-order valence-electron chi connectivity index (χ4n) is 2.18. The highest BCUT2D eigenvalue weighted by molar-refractivity contribution is 6.15. The average molecular weight is 264 g/mol. The van der Waals surface area contributed by atoms with Gasteiger partial charge in [-0.3, -0.25) is 4.79 Å². The number of amides is 2. The molecule has 0 spiro atoms. The molecule has 0 aliphatic carbocycles. The Balaban J connectivity index is 1.87. The molecular weight excluding hydrogens is 252 g/mol. The Labute approximate surface area is 108 Å². The van der Waals surface area contributed by atoms with Crippen LogP contribution >= 0.6 is 0 Å². The van der Waals surface area contributed by atoms with Crippen molar-refractivity contribution in [1.29, 1.82) is 0 Å². The highest BCUT2D eigenvalue weighted by atomic mass is 16.6. The van der Waals surface area contributed by atoms with Crippen LogP contribution in [0.4, 0.5) is 4.79 Å². The van der Waals surface area contributed by atoms with Crippen LogP contribution in [0, 0.1) is 5.92 Å². The average Bonchev–Trinajstić information content (AvgIpc) is 3.07. The predicted octanol–water partition coefficient (Wildman–Crippen LogP) is 0.997. The molecule has 100 valence electrons. The lowest BCUT2D eigenvalue weighted by atomic mass is 9.95. The molecule has 2 amide bonds. The van der Waals surface area contributed by atoms with E-state index in [2.05, 4.69) is 5.16 Å². The van der Waals surface area contributed by atoms with Crippen LogP contribution in [0.15, 0.2) is 28.0 Å². The van der Waals surface area contributed by atoms with Gasteiger partial charge in [-0.25, -0.2) is 9.69 Å². The second-order valence-electron chi connectivity index (χ2n) is 4.35. The molecule has 3 heterocycles. The van der Waals surface area contributed by atoms with Gasteiger partial charge in [-0.15, -0.1) is 0 Å². The number of oxime groups is 1. The van der Waals surface area contributed by atoms with Crippen LogP contribution in [0.2, 0.25) is 0 Å². The minimum absolute atomic E-state index is 0.222. The van der Waals surface area contributed by atoms with E-state index < -0.39 is 18.1 Å². The Bertz CT molecular complexity index is 536. The van der Waals surface area contributed by atoms with Crippen molar-refractivity contribution < 1.29 is 23.6 Å². The van der Waals surface area contributed by atoms with Crippen LogP contribution in [0.25, 0.3) is 0 Å². The van der Waals surface area contributed by atoms with Crippen LogP contribution in [0.1, 0.15) is 12.7 Å². The highest BCUT2D eigenvalue weighted by Crippen LogP contribution is 2.26. The van der Waals surface area contributed by atoms with Crippen molar-refractivity contribution in [2.45, 2.75) is 13.0 Å². The summed E-state index contributed by atoms with van der Waals surface area (Å²) in [5.41, 5.74) is 0.405. The third-order valence-corrected chi connectivity index (χ3v) is 3.15.